The third-order valence-corrected chi connectivity index (χ3v) is 6.87. The highest BCUT2D eigenvalue weighted by Crippen LogP contribution is 2.48. The van der Waals surface area contributed by atoms with Crippen LogP contribution in [0.4, 0.5) is 5.82 Å². The summed E-state index contributed by atoms with van der Waals surface area (Å²) in [4.78, 5) is 28.8. The lowest BCUT2D eigenvalue weighted by Crippen LogP contribution is -2.41. The Morgan fingerprint density at radius 1 is 1.14 bits per heavy atom. The first-order valence-corrected chi connectivity index (χ1v) is 10.8. The molecule has 0 saturated heterocycles. The van der Waals surface area contributed by atoms with E-state index in [1.165, 1.54) is 4.90 Å². The summed E-state index contributed by atoms with van der Waals surface area (Å²) in [5.74, 6) is 0.629. The fourth-order valence-corrected chi connectivity index (χ4v) is 5.25. The Morgan fingerprint density at radius 3 is 2.59 bits per heavy atom. The molecule has 150 valence electrons. The van der Waals surface area contributed by atoms with Gasteiger partial charge >= 0.3 is 0 Å². The Labute approximate surface area is 177 Å². The standard InChI is InChI=1S/C22H21BrN2O4/c1-11-3-5-13(6-4-11)19-18-20(26)15-10-14(23)7-8-16(15)28-21(18)22(27)25(19)17-9-12(2)29-24-17/h3-6,9,14-16,19H,7-8,10H2,1-2H3. The molecule has 0 spiro atoms. The summed E-state index contributed by atoms with van der Waals surface area (Å²) in [7, 11) is 0. The Balaban J connectivity index is 1.64. The number of halogens is 1. The first kappa shape index (κ1) is 18.6. The van der Waals surface area contributed by atoms with Crippen LogP contribution in [0, 0.1) is 19.8 Å². The summed E-state index contributed by atoms with van der Waals surface area (Å²) in [5.41, 5.74) is 2.41. The first-order valence-electron chi connectivity index (χ1n) is 9.86. The summed E-state index contributed by atoms with van der Waals surface area (Å²) >= 11 is 3.66. The number of carbonyl (C=O) groups excluding carboxylic acids is 2. The molecule has 1 saturated carbocycles. The van der Waals surface area contributed by atoms with Gasteiger partial charge in [-0.15, -0.1) is 0 Å². The SMILES string of the molecule is Cc1ccc(C2C3=C(OC4CCC(Br)CC4C3=O)C(=O)N2c2cc(C)on2)cc1. The van der Waals surface area contributed by atoms with Crippen LogP contribution in [-0.2, 0) is 14.3 Å². The number of hydrogen-bond acceptors (Lipinski definition) is 5. The van der Waals surface area contributed by atoms with Gasteiger partial charge in [0.15, 0.2) is 17.4 Å². The molecule has 4 unspecified atom stereocenters. The number of amides is 1. The number of Topliss-reactive ketones (excluding diaryl/α,β-unsaturated/α-hetero) is 1. The Kier molecular flexibility index (Phi) is 4.38. The molecule has 0 radical (unpaired) electrons. The van der Waals surface area contributed by atoms with Gasteiger partial charge in [-0.05, 0) is 38.7 Å². The van der Waals surface area contributed by atoms with Gasteiger partial charge in [0, 0.05) is 10.9 Å². The van der Waals surface area contributed by atoms with E-state index in [1.807, 2.05) is 31.2 Å². The van der Waals surface area contributed by atoms with Gasteiger partial charge in [0.05, 0.1) is 17.5 Å². The molecular weight excluding hydrogens is 436 g/mol. The first-order chi connectivity index (χ1) is 13.9. The maximum atomic E-state index is 13.6. The number of hydrogen-bond donors (Lipinski definition) is 0. The number of alkyl halides is 1. The van der Waals surface area contributed by atoms with Crippen LogP contribution < -0.4 is 4.90 Å². The summed E-state index contributed by atoms with van der Waals surface area (Å²) in [6.07, 6.45) is 2.17. The van der Waals surface area contributed by atoms with E-state index in [0.717, 1.165) is 30.4 Å². The minimum absolute atomic E-state index is 0.0158. The number of anilines is 1. The molecule has 29 heavy (non-hydrogen) atoms. The highest BCUT2D eigenvalue weighted by molar-refractivity contribution is 9.09. The van der Waals surface area contributed by atoms with Gasteiger partial charge in [0.1, 0.15) is 11.9 Å². The monoisotopic (exact) mass is 456 g/mol. The minimum Gasteiger partial charge on any atom is -0.483 e. The Bertz CT molecular complexity index is 1030. The van der Waals surface area contributed by atoms with Crippen LogP contribution in [0.5, 0.6) is 0 Å². The van der Waals surface area contributed by atoms with Crippen molar-refractivity contribution in [2.24, 2.45) is 5.92 Å². The van der Waals surface area contributed by atoms with Crippen LogP contribution in [0.3, 0.4) is 0 Å². The van der Waals surface area contributed by atoms with Crippen LogP contribution in [-0.4, -0.2) is 27.8 Å². The van der Waals surface area contributed by atoms with E-state index in [2.05, 4.69) is 21.1 Å². The molecule has 2 aromatic rings. The second-order valence-corrected chi connectivity index (χ2v) is 9.36. The van der Waals surface area contributed by atoms with Crippen LogP contribution in [0.15, 0.2) is 46.2 Å². The van der Waals surface area contributed by atoms with Crippen LogP contribution >= 0.6 is 15.9 Å². The highest BCUT2D eigenvalue weighted by atomic mass is 79.9. The average Bonchev–Trinajstić information content (AvgIpc) is 3.25. The van der Waals surface area contributed by atoms with E-state index in [9.17, 15) is 9.59 Å². The van der Waals surface area contributed by atoms with Gasteiger partial charge in [-0.25, -0.2) is 0 Å². The number of benzene rings is 1. The minimum atomic E-state index is -0.563. The van der Waals surface area contributed by atoms with Gasteiger partial charge < -0.3 is 9.26 Å². The van der Waals surface area contributed by atoms with Crippen LogP contribution in [0.2, 0.25) is 0 Å². The molecule has 1 aliphatic carbocycles. The molecule has 1 amide bonds. The molecule has 5 rings (SSSR count). The van der Waals surface area contributed by atoms with Gasteiger partial charge in [0.25, 0.3) is 5.91 Å². The van der Waals surface area contributed by atoms with Crippen LogP contribution in [0.25, 0.3) is 0 Å². The molecule has 2 aliphatic heterocycles. The van der Waals surface area contributed by atoms with E-state index in [4.69, 9.17) is 9.26 Å². The van der Waals surface area contributed by atoms with E-state index in [1.54, 1.807) is 13.0 Å². The Morgan fingerprint density at radius 2 is 1.90 bits per heavy atom. The second kappa shape index (κ2) is 6.83. The molecule has 1 fully saturated rings. The molecule has 1 aromatic carbocycles. The van der Waals surface area contributed by atoms with E-state index >= 15 is 0 Å². The number of ether oxygens (including phenoxy) is 1. The lowest BCUT2D eigenvalue weighted by Gasteiger charge is -2.37. The fraction of sp³-hybridized carbons (Fsp3) is 0.409. The lowest BCUT2D eigenvalue weighted by molar-refractivity contribution is -0.131. The van der Waals surface area contributed by atoms with Crippen LogP contribution in [0.1, 0.15) is 42.2 Å². The zero-order valence-electron chi connectivity index (χ0n) is 16.2. The predicted octanol–water partition coefficient (Wildman–Crippen LogP) is 4.16. The highest BCUT2D eigenvalue weighted by Gasteiger charge is 2.53. The molecule has 3 aliphatic rings. The van der Waals surface area contributed by atoms with Crippen molar-refractivity contribution in [3.05, 3.63) is 58.6 Å². The van der Waals surface area contributed by atoms with Gasteiger partial charge in [-0.2, -0.15) is 0 Å². The van der Waals surface area contributed by atoms with Gasteiger partial charge in [-0.1, -0.05) is 50.9 Å². The summed E-state index contributed by atoms with van der Waals surface area (Å²) < 4.78 is 11.4. The molecule has 4 atom stereocenters. The quantitative estimate of drug-likeness (QED) is 0.634. The number of aryl methyl sites for hydroxylation is 2. The van der Waals surface area contributed by atoms with Crippen molar-refractivity contribution >= 4 is 33.4 Å². The number of ketones is 1. The maximum Gasteiger partial charge on any atom is 0.295 e. The van der Waals surface area contributed by atoms with Crippen molar-refractivity contribution < 1.29 is 18.8 Å². The Hall–Kier alpha value is -2.41. The second-order valence-electron chi connectivity index (χ2n) is 8.06. The number of fused-ring (bicyclic) bond motifs is 1. The van der Waals surface area contributed by atoms with Gasteiger partial charge in [0.2, 0.25) is 0 Å². The summed E-state index contributed by atoms with van der Waals surface area (Å²) in [6, 6.07) is 9.02. The van der Waals surface area contributed by atoms with Crippen molar-refractivity contribution in [2.45, 2.75) is 50.1 Å². The topological polar surface area (TPSA) is 72.6 Å². The lowest BCUT2D eigenvalue weighted by atomic mass is 9.77. The zero-order valence-corrected chi connectivity index (χ0v) is 17.8. The molecule has 1 aromatic heterocycles. The molecular formula is C22H21BrN2O4. The predicted molar refractivity (Wildman–Crippen MR) is 110 cm³/mol. The largest absolute Gasteiger partial charge is 0.483 e. The molecule has 7 heteroatoms. The number of nitrogens with zero attached hydrogens (tertiary/aromatic N) is 2. The fourth-order valence-electron chi connectivity index (χ4n) is 4.58. The number of rotatable bonds is 2. The average molecular weight is 457 g/mol. The normalized spacial score (nSPS) is 29.0. The third-order valence-electron chi connectivity index (χ3n) is 6.04. The third kappa shape index (κ3) is 2.94. The van der Waals surface area contributed by atoms with E-state index in [-0.39, 0.29) is 29.5 Å². The van der Waals surface area contributed by atoms with Crippen molar-refractivity contribution in [3.8, 4) is 0 Å². The maximum absolute atomic E-state index is 13.6. The molecule has 6 nitrogen and oxygen atoms in total. The zero-order chi connectivity index (χ0) is 20.3. The smallest absolute Gasteiger partial charge is 0.295 e. The van der Waals surface area contributed by atoms with Crippen molar-refractivity contribution in [2.75, 3.05) is 4.90 Å². The molecule has 3 heterocycles. The summed E-state index contributed by atoms with van der Waals surface area (Å²) in [6.45, 7) is 3.78. The summed E-state index contributed by atoms with van der Waals surface area (Å²) in [5, 5.41) is 4.06. The van der Waals surface area contributed by atoms with Crippen molar-refractivity contribution in [3.63, 3.8) is 0 Å². The number of carbonyl (C=O) groups is 2. The van der Waals surface area contributed by atoms with E-state index in [0.29, 0.717) is 22.0 Å². The van der Waals surface area contributed by atoms with Crippen molar-refractivity contribution in [1.29, 1.82) is 0 Å². The van der Waals surface area contributed by atoms with E-state index < -0.39 is 6.04 Å². The molecule has 0 bridgehead atoms. The van der Waals surface area contributed by atoms with Gasteiger partial charge in [-0.3, -0.25) is 14.5 Å². The molecule has 0 N–H and O–H groups in total. The number of aromatic nitrogens is 1. The van der Waals surface area contributed by atoms with Crippen molar-refractivity contribution in [1.82, 2.24) is 5.16 Å².